The van der Waals surface area contributed by atoms with Crippen LogP contribution < -0.4 is 5.32 Å². The van der Waals surface area contributed by atoms with Crippen LogP contribution in [0.4, 0.5) is 0 Å². The van der Waals surface area contributed by atoms with E-state index in [2.05, 4.69) is 5.32 Å². The molecule has 1 aliphatic rings. The topological polar surface area (TPSA) is 32.3 Å². The molecule has 1 heterocycles. The lowest BCUT2D eigenvalue weighted by atomic mass is 10.1. The SMILES string of the molecule is CC(C)(O)C1=CCSC(=S)N1. The molecule has 2 N–H and O–H groups in total. The van der Waals surface area contributed by atoms with Gasteiger partial charge in [-0.15, -0.1) is 0 Å². The molecule has 0 aliphatic carbocycles. The first-order valence-corrected chi connectivity index (χ1v) is 4.76. The molecule has 4 heteroatoms. The molecular formula is C7H11NOS2. The third kappa shape index (κ3) is 2.47. The van der Waals surface area contributed by atoms with E-state index in [9.17, 15) is 5.11 Å². The van der Waals surface area contributed by atoms with Gasteiger partial charge in [0.05, 0.1) is 5.60 Å². The van der Waals surface area contributed by atoms with Crippen LogP contribution in [0.25, 0.3) is 0 Å². The molecule has 0 radical (unpaired) electrons. The van der Waals surface area contributed by atoms with Gasteiger partial charge in [-0.25, -0.2) is 0 Å². The average Bonchev–Trinajstić information content (AvgIpc) is 1.86. The fraction of sp³-hybridized carbons (Fsp3) is 0.571. The minimum Gasteiger partial charge on any atom is -0.384 e. The van der Waals surface area contributed by atoms with E-state index in [-0.39, 0.29) is 0 Å². The molecule has 0 amide bonds. The second-order valence-corrected chi connectivity index (χ2v) is 4.60. The van der Waals surface area contributed by atoms with Gasteiger partial charge in [-0.2, -0.15) is 0 Å². The lowest BCUT2D eigenvalue weighted by Gasteiger charge is -2.25. The van der Waals surface area contributed by atoms with Gasteiger partial charge in [-0.05, 0) is 13.8 Å². The lowest BCUT2D eigenvalue weighted by molar-refractivity contribution is 0.115. The Morgan fingerprint density at radius 2 is 2.36 bits per heavy atom. The summed E-state index contributed by atoms with van der Waals surface area (Å²) in [5.41, 5.74) is 0.00616. The number of thioether (sulfide) groups is 1. The third-order valence-corrected chi connectivity index (χ3v) is 2.55. The first-order chi connectivity index (χ1) is 5.00. The molecule has 0 unspecified atom stereocenters. The maximum Gasteiger partial charge on any atom is 0.138 e. The van der Waals surface area contributed by atoms with Crippen molar-refractivity contribution < 1.29 is 5.11 Å². The summed E-state index contributed by atoms with van der Waals surface area (Å²) in [4.78, 5) is 0. The molecule has 0 aromatic rings. The van der Waals surface area contributed by atoms with E-state index in [1.54, 1.807) is 25.6 Å². The van der Waals surface area contributed by atoms with Crippen molar-refractivity contribution in [3.8, 4) is 0 Å². The molecule has 0 atom stereocenters. The van der Waals surface area contributed by atoms with Crippen molar-refractivity contribution in [1.29, 1.82) is 0 Å². The molecule has 2 nitrogen and oxygen atoms in total. The third-order valence-electron chi connectivity index (χ3n) is 1.40. The van der Waals surface area contributed by atoms with E-state index in [1.165, 1.54) is 0 Å². The number of hydrogen-bond acceptors (Lipinski definition) is 3. The van der Waals surface area contributed by atoms with Gasteiger partial charge < -0.3 is 10.4 Å². The second-order valence-electron chi connectivity index (χ2n) is 2.90. The number of hydrogen-bond donors (Lipinski definition) is 2. The largest absolute Gasteiger partial charge is 0.384 e. The monoisotopic (exact) mass is 189 g/mol. The zero-order valence-corrected chi connectivity index (χ0v) is 8.18. The van der Waals surface area contributed by atoms with Gasteiger partial charge in [0.25, 0.3) is 0 Å². The summed E-state index contributed by atoms with van der Waals surface area (Å²) in [6.07, 6.45) is 1.96. The van der Waals surface area contributed by atoms with Gasteiger partial charge >= 0.3 is 0 Å². The molecule has 1 rings (SSSR count). The zero-order valence-electron chi connectivity index (χ0n) is 6.55. The summed E-state index contributed by atoms with van der Waals surface area (Å²) in [6.45, 7) is 3.48. The van der Waals surface area contributed by atoms with Crippen LogP contribution in [0.1, 0.15) is 13.8 Å². The van der Waals surface area contributed by atoms with Crippen molar-refractivity contribution in [3.05, 3.63) is 11.8 Å². The van der Waals surface area contributed by atoms with Crippen LogP contribution in [0.15, 0.2) is 11.8 Å². The maximum absolute atomic E-state index is 9.56. The van der Waals surface area contributed by atoms with Gasteiger partial charge in [-0.3, -0.25) is 0 Å². The molecule has 0 saturated carbocycles. The van der Waals surface area contributed by atoms with Gasteiger partial charge in [-0.1, -0.05) is 30.1 Å². The minimum atomic E-state index is -0.801. The minimum absolute atomic E-state index is 0.740. The average molecular weight is 189 g/mol. The van der Waals surface area contributed by atoms with Crippen molar-refractivity contribution in [2.75, 3.05) is 5.75 Å². The smallest absolute Gasteiger partial charge is 0.138 e. The van der Waals surface area contributed by atoms with E-state index in [4.69, 9.17) is 12.2 Å². The van der Waals surface area contributed by atoms with Crippen LogP contribution in [0.2, 0.25) is 0 Å². The Morgan fingerprint density at radius 3 is 2.73 bits per heavy atom. The lowest BCUT2D eigenvalue weighted by Crippen LogP contribution is -2.36. The number of aliphatic hydroxyl groups is 1. The Hall–Kier alpha value is -0.0600. The first-order valence-electron chi connectivity index (χ1n) is 3.37. The van der Waals surface area contributed by atoms with Crippen LogP contribution in [-0.4, -0.2) is 20.8 Å². The summed E-state index contributed by atoms with van der Waals surface area (Å²) in [5, 5.41) is 12.5. The van der Waals surface area contributed by atoms with Gasteiger partial charge in [0.2, 0.25) is 0 Å². The number of nitrogens with one attached hydrogen (secondary N) is 1. The first kappa shape index (κ1) is 9.03. The molecule has 0 spiro atoms. The van der Waals surface area contributed by atoms with Crippen molar-refractivity contribution in [2.24, 2.45) is 0 Å². The number of thiocarbonyl (C=S) groups is 1. The van der Waals surface area contributed by atoms with E-state index in [0.717, 1.165) is 15.8 Å². The van der Waals surface area contributed by atoms with Crippen LogP contribution >= 0.6 is 24.0 Å². The highest BCUT2D eigenvalue weighted by molar-refractivity contribution is 8.23. The van der Waals surface area contributed by atoms with Crippen molar-refractivity contribution in [2.45, 2.75) is 19.4 Å². The summed E-state index contributed by atoms with van der Waals surface area (Å²) >= 11 is 6.52. The van der Waals surface area contributed by atoms with Crippen LogP contribution in [-0.2, 0) is 0 Å². The van der Waals surface area contributed by atoms with Crippen molar-refractivity contribution in [3.63, 3.8) is 0 Å². The van der Waals surface area contributed by atoms with E-state index in [0.29, 0.717) is 0 Å². The highest BCUT2D eigenvalue weighted by Gasteiger charge is 2.22. The summed E-state index contributed by atoms with van der Waals surface area (Å²) < 4.78 is 0.740. The molecule has 62 valence electrons. The highest BCUT2D eigenvalue weighted by atomic mass is 32.2. The van der Waals surface area contributed by atoms with E-state index < -0.39 is 5.60 Å². The Morgan fingerprint density at radius 1 is 1.73 bits per heavy atom. The molecular weight excluding hydrogens is 178 g/mol. The highest BCUT2D eigenvalue weighted by Crippen LogP contribution is 2.19. The molecule has 0 fully saturated rings. The second kappa shape index (κ2) is 3.13. The predicted octanol–water partition coefficient (Wildman–Crippen LogP) is 1.26. The Kier molecular flexibility index (Phi) is 2.57. The summed E-state index contributed by atoms with van der Waals surface area (Å²) in [5.74, 6) is 0.852. The fourth-order valence-electron chi connectivity index (χ4n) is 0.800. The predicted molar refractivity (Wildman–Crippen MR) is 52.6 cm³/mol. The van der Waals surface area contributed by atoms with Gasteiger partial charge in [0.1, 0.15) is 4.32 Å². The fourth-order valence-corrected chi connectivity index (χ4v) is 1.70. The van der Waals surface area contributed by atoms with Crippen LogP contribution in [0, 0.1) is 0 Å². The molecule has 11 heavy (non-hydrogen) atoms. The molecule has 1 aliphatic heterocycles. The Bertz CT molecular complexity index is 205. The Labute approximate surface area is 76.1 Å². The van der Waals surface area contributed by atoms with Crippen molar-refractivity contribution >= 4 is 28.3 Å². The molecule has 0 aromatic heterocycles. The molecule has 0 aromatic carbocycles. The van der Waals surface area contributed by atoms with Crippen molar-refractivity contribution in [1.82, 2.24) is 5.32 Å². The number of rotatable bonds is 1. The van der Waals surface area contributed by atoms with Crippen LogP contribution in [0.3, 0.4) is 0 Å². The van der Waals surface area contributed by atoms with E-state index >= 15 is 0 Å². The molecule has 0 bridgehead atoms. The van der Waals surface area contributed by atoms with E-state index in [1.807, 2.05) is 6.08 Å². The summed E-state index contributed by atoms with van der Waals surface area (Å²) in [6, 6.07) is 0. The normalized spacial score (nSPS) is 19.2. The van der Waals surface area contributed by atoms with Crippen LogP contribution in [0.5, 0.6) is 0 Å². The standard InChI is InChI=1S/C7H11NOS2/c1-7(2,9)5-3-4-11-6(10)8-5/h3,9H,4H2,1-2H3,(H,8,10). The van der Waals surface area contributed by atoms with Gasteiger partial charge in [0, 0.05) is 11.4 Å². The van der Waals surface area contributed by atoms with Gasteiger partial charge in [0.15, 0.2) is 0 Å². The Balaban J connectivity index is 2.73. The quantitative estimate of drug-likeness (QED) is 0.608. The zero-order chi connectivity index (χ0) is 8.48. The summed E-state index contributed by atoms with van der Waals surface area (Å²) in [7, 11) is 0. The molecule has 0 saturated heterocycles. The maximum atomic E-state index is 9.56.